The summed E-state index contributed by atoms with van der Waals surface area (Å²) in [6, 6.07) is 7.56. The zero-order valence-electron chi connectivity index (χ0n) is 10.7. The summed E-state index contributed by atoms with van der Waals surface area (Å²) in [4.78, 5) is 11.9. The molecule has 1 fully saturated rings. The van der Waals surface area contributed by atoms with Gasteiger partial charge in [0.2, 0.25) is 5.91 Å². The second kappa shape index (κ2) is 5.40. The summed E-state index contributed by atoms with van der Waals surface area (Å²) < 4.78 is 5.43. The molecule has 0 bridgehead atoms. The number of hydrogen-bond acceptors (Lipinski definition) is 3. The van der Waals surface area contributed by atoms with Crippen molar-refractivity contribution in [2.24, 2.45) is 0 Å². The van der Waals surface area contributed by atoms with E-state index >= 15 is 0 Å². The summed E-state index contributed by atoms with van der Waals surface area (Å²) in [6.45, 7) is 0.477. The number of methoxy groups -OCH3 is 1. The van der Waals surface area contributed by atoms with Gasteiger partial charge in [0.25, 0.3) is 0 Å². The van der Waals surface area contributed by atoms with E-state index in [-0.39, 0.29) is 11.5 Å². The van der Waals surface area contributed by atoms with Crippen LogP contribution in [0.2, 0.25) is 0 Å². The van der Waals surface area contributed by atoms with E-state index in [1.54, 1.807) is 7.11 Å². The van der Waals surface area contributed by atoms with Crippen LogP contribution in [0, 0.1) is 0 Å². The molecule has 1 aromatic carbocycles. The van der Waals surface area contributed by atoms with Gasteiger partial charge in [-0.05, 0) is 30.9 Å². The molecule has 1 aliphatic carbocycles. The molecule has 0 heterocycles. The minimum Gasteiger partial charge on any atom is -0.398 e. The Bertz CT molecular complexity index is 422. The monoisotopic (exact) mass is 248 g/mol. The number of hydrogen-bond donors (Lipinski definition) is 2. The van der Waals surface area contributed by atoms with Crippen LogP contribution in [0.3, 0.4) is 0 Å². The lowest BCUT2D eigenvalue weighted by atomic mass is 9.77. The van der Waals surface area contributed by atoms with Crippen LogP contribution in [0.4, 0.5) is 5.69 Å². The largest absolute Gasteiger partial charge is 0.398 e. The van der Waals surface area contributed by atoms with E-state index in [1.807, 2.05) is 24.3 Å². The number of nitrogen functional groups attached to an aromatic ring is 1. The normalized spacial score (nSPS) is 16.9. The quantitative estimate of drug-likeness (QED) is 0.781. The van der Waals surface area contributed by atoms with Crippen molar-refractivity contribution in [3.8, 4) is 0 Å². The predicted molar refractivity (Wildman–Crippen MR) is 70.9 cm³/mol. The Morgan fingerprint density at radius 1 is 1.44 bits per heavy atom. The second-order valence-electron chi connectivity index (χ2n) is 4.89. The van der Waals surface area contributed by atoms with Crippen LogP contribution in [0.5, 0.6) is 0 Å². The van der Waals surface area contributed by atoms with Gasteiger partial charge in [-0.25, -0.2) is 0 Å². The van der Waals surface area contributed by atoms with E-state index in [1.165, 1.54) is 0 Å². The first-order chi connectivity index (χ1) is 8.65. The van der Waals surface area contributed by atoms with Gasteiger partial charge in [0, 0.05) is 19.3 Å². The van der Waals surface area contributed by atoms with Gasteiger partial charge in [-0.3, -0.25) is 4.79 Å². The average molecular weight is 248 g/mol. The first-order valence-corrected chi connectivity index (χ1v) is 6.30. The average Bonchev–Trinajstić information content (AvgIpc) is 2.33. The van der Waals surface area contributed by atoms with Gasteiger partial charge in [-0.2, -0.15) is 0 Å². The zero-order chi connectivity index (χ0) is 13.0. The first-order valence-electron chi connectivity index (χ1n) is 6.30. The summed E-state index contributed by atoms with van der Waals surface area (Å²) in [5, 5.41) is 2.90. The highest BCUT2D eigenvalue weighted by molar-refractivity contribution is 5.77. The van der Waals surface area contributed by atoms with Crippen LogP contribution in [0.1, 0.15) is 31.2 Å². The Labute approximate surface area is 108 Å². The second-order valence-corrected chi connectivity index (χ2v) is 4.89. The van der Waals surface area contributed by atoms with E-state index in [0.717, 1.165) is 24.8 Å². The van der Waals surface area contributed by atoms with Crippen molar-refractivity contribution in [3.63, 3.8) is 0 Å². The highest BCUT2D eigenvalue weighted by Gasteiger charge is 2.38. The van der Waals surface area contributed by atoms with E-state index in [9.17, 15) is 4.79 Å². The molecule has 0 radical (unpaired) electrons. The highest BCUT2D eigenvalue weighted by atomic mass is 16.5. The van der Waals surface area contributed by atoms with Crippen molar-refractivity contribution in [1.29, 1.82) is 0 Å². The Kier molecular flexibility index (Phi) is 3.87. The molecular formula is C14H20N2O2. The number of nitrogens with two attached hydrogens (primary N) is 1. The number of amides is 1. The zero-order valence-corrected chi connectivity index (χ0v) is 10.7. The molecule has 4 heteroatoms. The minimum absolute atomic E-state index is 0.0276. The summed E-state index contributed by atoms with van der Waals surface area (Å²) >= 11 is 0. The number of carbonyl (C=O) groups is 1. The maximum Gasteiger partial charge on any atom is 0.223 e. The Hall–Kier alpha value is -1.55. The standard InChI is InChI=1S/C14H20N2O2/c1-18-14(7-4-8-14)9-13(17)16-10-11-5-2-3-6-12(11)15/h2-3,5-6H,4,7-10,15H2,1H3,(H,16,17). The fraction of sp³-hybridized carbons (Fsp3) is 0.500. The topological polar surface area (TPSA) is 64.3 Å². The Morgan fingerprint density at radius 2 is 2.17 bits per heavy atom. The van der Waals surface area contributed by atoms with Gasteiger partial charge in [-0.15, -0.1) is 0 Å². The van der Waals surface area contributed by atoms with Gasteiger partial charge < -0.3 is 15.8 Å². The van der Waals surface area contributed by atoms with Crippen LogP contribution in [0.15, 0.2) is 24.3 Å². The van der Waals surface area contributed by atoms with Crippen molar-refractivity contribution in [1.82, 2.24) is 5.32 Å². The van der Waals surface area contributed by atoms with E-state index in [0.29, 0.717) is 18.7 Å². The van der Waals surface area contributed by atoms with E-state index < -0.39 is 0 Å². The molecule has 0 unspecified atom stereocenters. The molecule has 3 N–H and O–H groups in total. The maximum atomic E-state index is 11.9. The van der Waals surface area contributed by atoms with Crippen LogP contribution in [-0.4, -0.2) is 18.6 Å². The first kappa shape index (κ1) is 12.9. The SMILES string of the molecule is COC1(CC(=O)NCc2ccccc2N)CCC1. The van der Waals surface area contributed by atoms with Crippen molar-refractivity contribution >= 4 is 11.6 Å². The number of ether oxygens (including phenoxy) is 1. The number of carbonyl (C=O) groups excluding carboxylic acids is 1. The molecule has 0 saturated heterocycles. The molecule has 0 aromatic heterocycles. The molecule has 98 valence electrons. The number of anilines is 1. The molecular weight excluding hydrogens is 228 g/mol. The Balaban J connectivity index is 1.83. The fourth-order valence-electron chi connectivity index (χ4n) is 2.27. The molecule has 0 aliphatic heterocycles. The lowest BCUT2D eigenvalue weighted by molar-refractivity contribution is -0.134. The van der Waals surface area contributed by atoms with Crippen molar-refractivity contribution < 1.29 is 9.53 Å². The Morgan fingerprint density at radius 3 is 2.72 bits per heavy atom. The van der Waals surface area contributed by atoms with Crippen molar-refractivity contribution in [2.75, 3.05) is 12.8 Å². The highest BCUT2D eigenvalue weighted by Crippen LogP contribution is 2.37. The maximum absolute atomic E-state index is 11.9. The van der Waals surface area contributed by atoms with Gasteiger partial charge in [0.1, 0.15) is 0 Å². The number of benzene rings is 1. The molecule has 1 amide bonds. The van der Waals surface area contributed by atoms with Gasteiger partial charge in [0.15, 0.2) is 0 Å². The summed E-state index contributed by atoms with van der Waals surface area (Å²) in [7, 11) is 1.68. The van der Waals surface area contributed by atoms with Gasteiger partial charge in [-0.1, -0.05) is 18.2 Å². The molecule has 18 heavy (non-hydrogen) atoms. The number of nitrogens with one attached hydrogen (secondary N) is 1. The summed E-state index contributed by atoms with van der Waals surface area (Å²) in [5.74, 6) is 0.0276. The molecule has 0 atom stereocenters. The smallest absolute Gasteiger partial charge is 0.223 e. The molecule has 0 spiro atoms. The molecule has 4 nitrogen and oxygen atoms in total. The van der Waals surface area contributed by atoms with E-state index in [4.69, 9.17) is 10.5 Å². The van der Waals surface area contributed by atoms with Crippen LogP contribution < -0.4 is 11.1 Å². The third-order valence-corrected chi connectivity index (χ3v) is 3.71. The third-order valence-electron chi connectivity index (χ3n) is 3.71. The predicted octanol–water partition coefficient (Wildman–Crippen LogP) is 1.84. The van der Waals surface area contributed by atoms with E-state index in [2.05, 4.69) is 5.32 Å². The lowest BCUT2D eigenvalue weighted by Gasteiger charge is -2.39. The van der Waals surface area contributed by atoms with Crippen molar-refractivity contribution in [3.05, 3.63) is 29.8 Å². The van der Waals surface area contributed by atoms with Crippen LogP contribution in [0.25, 0.3) is 0 Å². The molecule has 2 rings (SSSR count). The fourth-order valence-corrected chi connectivity index (χ4v) is 2.27. The third kappa shape index (κ3) is 2.82. The summed E-state index contributed by atoms with van der Waals surface area (Å²) in [6.07, 6.45) is 3.54. The molecule has 1 saturated carbocycles. The molecule has 1 aliphatic rings. The van der Waals surface area contributed by atoms with Crippen LogP contribution >= 0.6 is 0 Å². The van der Waals surface area contributed by atoms with Gasteiger partial charge >= 0.3 is 0 Å². The number of para-hydroxylation sites is 1. The van der Waals surface area contributed by atoms with Crippen molar-refractivity contribution in [2.45, 2.75) is 37.8 Å². The number of rotatable bonds is 5. The minimum atomic E-state index is -0.216. The lowest BCUT2D eigenvalue weighted by Crippen LogP contribution is -2.43. The summed E-state index contributed by atoms with van der Waals surface area (Å²) in [5.41, 5.74) is 7.27. The van der Waals surface area contributed by atoms with Crippen LogP contribution in [-0.2, 0) is 16.1 Å². The molecule has 1 aromatic rings. The van der Waals surface area contributed by atoms with Gasteiger partial charge in [0.05, 0.1) is 12.0 Å².